The van der Waals surface area contributed by atoms with E-state index >= 15 is 0 Å². The molecule has 0 radical (unpaired) electrons. The predicted octanol–water partition coefficient (Wildman–Crippen LogP) is 3.77. The van der Waals surface area contributed by atoms with Crippen LogP contribution in [0.2, 0.25) is 0 Å². The van der Waals surface area contributed by atoms with E-state index in [1.54, 1.807) is 4.90 Å². The van der Waals surface area contributed by atoms with E-state index in [1.807, 2.05) is 38.2 Å². The predicted molar refractivity (Wildman–Crippen MR) is 93.8 cm³/mol. The Morgan fingerprint density at radius 3 is 2.43 bits per heavy atom. The maximum Gasteiger partial charge on any atom is 0.222 e. The van der Waals surface area contributed by atoms with Gasteiger partial charge in [-0.3, -0.25) is 4.79 Å². The highest BCUT2D eigenvalue weighted by Gasteiger charge is 2.09. The first-order valence-electron chi connectivity index (χ1n) is 8.04. The maximum absolute atomic E-state index is 12.2. The molecule has 0 atom stereocenters. The van der Waals surface area contributed by atoms with Crippen molar-refractivity contribution in [2.45, 2.75) is 26.7 Å². The Kier molecular flexibility index (Phi) is 6.21. The summed E-state index contributed by atoms with van der Waals surface area (Å²) in [6.45, 7) is 5.20. The zero-order valence-electron chi connectivity index (χ0n) is 14.2. The van der Waals surface area contributed by atoms with Crippen LogP contribution in [0.5, 0.6) is 5.75 Å². The van der Waals surface area contributed by atoms with Gasteiger partial charge < -0.3 is 9.64 Å². The third kappa shape index (κ3) is 5.44. The lowest BCUT2D eigenvalue weighted by Gasteiger charge is -2.18. The summed E-state index contributed by atoms with van der Waals surface area (Å²) in [5.41, 5.74) is 3.56. The van der Waals surface area contributed by atoms with Gasteiger partial charge in [-0.1, -0.05) is 48.0 Å². The van der Waals surface area contributed by atoms with Gasteiger partial charge in [-0.2, -0.15) is 0 Å². The van der Waals surface area contributed by atoms with Gasteiger partial charge in [0.1, 0.15) is 12.4 Å². The smallest absolute Gasteiger partial charge is 0.222 e. The number of hydrogen-bond donors (Lipinski definition) is 0. The van der Waals surface area contributed by atoms with Crippen LogP contribution in [0, 0.1) is 13.8 Å². The fraction of sp³-hybridized carbons (Fsp3) is 0.350. The molecule has 0 aliphatic rings. The number of carbonyl (C=O) groups is 1. The minimum atomic E-state index is 0.152. The lowest BCUT2D eigenvalue weighted by atomic mass is 10.1. The zero-order valence-corrected chi connectivity index (χ0v) is 14.2. The number of likely N-dealkylation sites (N-methyl/N-ethyl adjacent to an activating group) is 1. The van der Waals surface area contributed by atoms with Crippen LogP contribution < -0.4 is 4.74 Å². The third-order valence-corrected chi connectivity index (χ3v) is 3.95. The van der Waals surface area contributed by atoms with Gasteiger partial charge >= 0.3 is 0 Å². The van der Waals surface area contributed by atoms with Crippen LogP contribution >= 0.6 is 0 Å². The molecule has 0 bridgehead atoms. The van der Waals surface area contributed by atoms with Gasteiger partial charge in [0.25, 0.3) is 0 Å². The van der Waals surface area contributed by atoms with Gasteiger partial charge in [-0.25, -0.2) is 0 Å². The first kappa shape index (κ1) is 17.1. The van der Waals surface area contributed by atoms with Crippen molar-refractivity contribution >= 4 is 5.91 Å². The number of para-hydroxylation sites is 1. The zero-order chi connectivity index (χ0) is 16.7. The van der Waals surface area contributed by atoms with Crippen molar-refractivity contribution in [2.75, 3.05) is 20.2 Å². The van der Waals surface area contributed by atoms with Gasteiger partial charge in [0.2, 0.25) is 5.91 Å². The number of rotatable bonds is 7. The van der Waals surface area contributed by atoms with Gasteiger partial charge in [0.15, 0.2) is 0 Å². The molecule has 3 heteroatoms. The van der Waals surface area contributed by atoms with Crippen LogP contribution in [0.3, 0.4) is 0 Å². The fourth-order valence-corrected chi connectivity index (χ4v) is 2.33. The molecule has 122 valence electrons. The van der Waals surface area contributed by atoms with Gasteiger partial charge in [-0.05, 0) is 37.5 Å². The average molecular weight is 311 g/mol. The Bertz CT molecular complexity index is 634. The molecule has 0 aliphatic carbocycles. The topological polar surface area (TPSA) is 29.5 Å². The summed E-state index contributed by atoms with van der Waals surface area (Å²) < 4.78 is 5.74. The summed E-state index contributed by atoms with van der Waals surface area (Å²) in [6.07, 6.45) is 1.31. The highest BCUT2D eigenvalue weighted by atomic mass is 16.5. The molecular formula is C20H25NO2. The first-order chi connectivity index (χ1) is 11.1. The van der Waals surface area contributed by atoms with Gasteiger partial charge in [0, 0.05) is 13.5 Å². The number of benzene rings is 2. The van der Waals surface area contributed by atoms with Crippen molar-refractivity contribution in [3.63, 3.8) is 0 Å². The molecule has 2 rings (SSSR count). The Morgan fingerprint density at radius 1 is 1.04 bits per heavy atom. The second kappa shape index (κ2) is 8.37. The summed E-state index contributed by atoms with van der Waals surface area (Å²) >= 11 is 0. The molecule has 3 nitrogen and oxygen atoms in total. The fourth-order valence-electron chi connectivity index (χ4n) is 2.33. The van der Waals surface area contributed by atoms with Gasteiger partial charge in [0.05, 0.1) is 6.54 Å². The molecule has 0 fully saturated rings. The third-order valence-electron chi connectivity index (χ3n) is 3.95. The Morgan fingerprint density at radius 2 is 1.74 bits per heavy atom. The SMILES string of the molecule is Cc1ccc(CCC(=O)N(C)CCOc2ccccc2C)cc1. The lowest BCUT2D eigenvalue weighted by Crippen LogP contribution is -2.31. The molecule has 1 amide bonds. The van der Waals surface area contributed by atoms with Crippen molar-refractivity contribution in [2.24, 2.45) is 0 Å². The van der Waals surface area contributed by atoms with Crippen LogP contribution in [-0.4, -0.2) is 31.0 Å². The molecule has 0 saturated carbocycles. The number of amides is 1. The molecular weight excluding hydrogens is 286 g/mol. The molecule has 2 aromatic carbocycles. The largest absolute Gasteiger partial charge is 0.491 e. The van der Waals surface area contributed by atoms with Crippen molar-refractivity contribution < 1.29 is 9.53 Å². The standard InChI is InChI=1S/C20H25NO2/c1-16-8-10-18(11-9-16)12-13-20(22)21(3)14-15-23-19-7-5-4-6-17(19)2/h4-11H,12-15H2,1-3H3. The van der Waals surface area contributed by atoms with Gasteiger partial charge in [-0.15, -0.1) is 0 Å². The minimum absolute atomic E-state index is 0.152. The first-order valence-corrected chi connectivity index (χ1v) is 8.04. The summed E-state index contributed by atoms with van der Waals surface area (Å²) in [5, 5.41) is 0. The molecule has 0 unspecified atom stereocenters. The Hall–Kier alpha value is -2.29. The molecule has 0 saturated heterocycles. The lowest BCUT2D eigenvalue weighted by molar-refractivity contribution is -0.130. The van der Waals surface area contributed by atoms with E-state index < -0.39 is 0 Å². The van der Waals surface area contributed by atoms with E-state index in [0.29, 0.717) is 19.6 Å². The van der Waals surface area contributed by atoms with E-state index in [-0.39, 0.29) is 5.91 Å². The van der Waals surface area contributed by atoms with Crippen molar-refractivity contribution in [3.8, 4) is 5.75 Å². The Balaban J connectivity index is 1.72. The van der Waals surface area contributed by atoms with E-state index in [1.165, 1.54) is 11.1 Å². The minimum Gasteiger partial charge on any atom is -0.491 e. The molecule has 23 heavy (non-hydrogen) atoms. The summed E-state index contributed by atoms with van der Waals surface area (Å²) in [6, 6.07) is 16.3. The van der Waals surface area contributed by atoms with E-state index in [2.05, 4.69) is 31.2 Å². The van der Waals surface area contributed by atoms with Crippen molar-refractivity contribution in [1.29, 1.82) is 0 Å². The molecule has 0 N–H and O–H groups in total. The normalized spacial score (nSPS) is 10.4. The van der Waals surface area contributed by atoms with Crippen LogP contribution in [0.15, 0.2) is 48.5 Å². The number of carbonyl (C=O) groups excluding carboxylic acids is 1. The van der Waals surface area contributed by atoms with Crippen LogP contribution in [-0.2, 0) is 11.2 Å². The van der Waals surface area contributed by atoms with Crippen LogP contribution in [0.4, 0.5) is 0 Å². The van der Waals surface area contributed by atoms with Crippen LogP contribution in [0.25, 0.3) is 0 Å². The van der Waals surface area contributed by atoms with E-state index in [0.717, 1.165) is 17.7 Å². The monoisotopic (exact) mass is 311 g/mol. The molecule has 0 heterocycles. The number of aryl methyl sites for hydroxylation is 3. The number of ether oxygens (including phenoxy) is 1. The quantitative estimate of drug-likeness (QED) is 0.779. The summed E-state index contributed by atoms with van der Waals surface area (Å²) in [4.78, 5) is 13.9. The van der Waals surface area contributed by atoms with E-state index in [4.69, 9.17) is 4.74 Å². The maximum atomic E-state index is 12.2. The summed E-state index contributed by atoms with van der Waals surface area (Å²) in [7, 11) is 1.83. The average Bonchev–Trinajstić information content (AvgIpc) is 2.55. The highest BCUT2D eigenvalue weighted by Crippen LogP contribution is 2.15. The second-order valence-corrected chi connectivity index (χ2v) is 5.91. The Labute approximate surface area is 138 Å². The summed E-state index contributed by atoms with van der Waals surface area (Å²) in [5.74, 6) is 1.03. The number of hydrogen-bond acceptors (Lipinski definition) is 2. The van der Waals surface area contributed by atoms with Crippen molar-refractivity contribution in [1.82, 2.24) is 4.90 Å². The molecule has 2 aromatic rings. The second-order valence-electron chi connectivity index (χ2n) is 5.91. The molecule has 0 aliphatic heterocycles. The van der Waals surface area contributed by atoms with E-state index in [9.17, 15) is 4.79 Å². The molecule has 0 spiro atoms. The molecule has 0 aromatic heterocycles. The number of nitrogens with zero attached hydrogens (tertiary/aromatic N) is 1. The van der Waals surface area contributed by atoms with Crippen molar-refractivity contribution in [3.05, 3.63) is 65.2 Å². The highest BCUT2D eigenvalue weighted by molar-refractivity contribution is 5.76. The van der Waals surface area contributed by atoms with Crippen LogP contribution in [0.1, 0.15) is 23.1 Å².